The molecule has 2 aliphatic carbocycles. The molecule has 17 atom stereocenters. The van der Waals surface area contributed by atoms with Crippen LogP contribution in [0.3, 0.4) is 0 Å². The molecule has 8 aliphatic heterocycles. The van der Waals surface area contributed by atoms with Crippen LogP contribution in [0.4, 0.5) is 23.7 Å². The van der Waals surface area contributed by atoms with Crippen molar-refractivity contribution in [1.82, 2.24) is 0 Å². The van der Waals surface area contributed by atoms with Crippen LogP contribution in [0.15, 0.2) is 24.3 Å². The molecule has 1 aromatic carbocycles. The third-order valence-electron chi connectivity index (χ3n) is 15.0. The number of anilines is 1. The van der Waals surface area contributed by atoms with Crippen molar-refractivity contribution in [2.75, 3.05) is 5.32 Å². The van der Waals surface area contributed by atoms with Gasteiger partial charge >= 0.3 is 12.3 Å². The zero-order valence-electron chi connectivity index (χ0n) is 31.9. The fraction of sp³-hybridized carbons (Fsp3) is 0.825. The molecule has 10 fully saturated rings. The van der Waals surface area contributed by atoms with E-state index in [2.05, 4.69) is 33.0 Å². The minimum atomic E-state index is -4.57. The maximum atomic E-state index is 13.8. The van der Waals surface area contributed by atoms with E-state index in [1.807, 2.05) is 13.8 Å². The van der Waals surface area contributed by atoms with Crippen LogP contribution in [0, 0.1) is 47.3 Å². The summed E-state index contributed by atoms with van der Waals surface area (Å²) in [7, 11) is 0. The number of carbonyl (C=O) groups excluding carboxylic acids is 1. The van der Waals surface area contributed by atoms with Gasteiger partial charge in [-0.1, -0.05) is 33.8 Å². The van der Waals surface area contributed by atoms with Crippen LogP contribution in [0.25, 0.3) is 0 Å². The molecule has 11 rings (SSSR count). The molecule has 8 heterocycles. The topological polar surface area (TPSA) is 112 Å². The molecule has 2 spiro atoms. The second-order valence-electron chi connectivity index (χ2n) is 18.2. The molecular formula is C40H54F3NO10. The molecule has 11 nitrogen and oxygen atoms in total. The summed E-state index contributed by atoms with van der Waals surface area (Å²) in [6, 6.07) is 4.51. The maximum absolute atomic E-state index is 13.8. The molecule has 300 valence electrons. The number of rotatable bonds is 5. The van der Waals surface area contributed by atoms with E-state index in [1.54, 1.807) is 0 Å². The largest absolute Gasteiger partial charge is 0.443 e. The molecule has 1 amide bonds. The van der Waals surface area contributed by atoms with Crippen LogP contribution in [0.5, 0.6) is 0 Å². The predicted octanol–water partition coefficient (Wildman–Crippen LogP) is 8.51. The van der Waals surface area contributed by atoms with Gasteiger partial charge in [-0.15, -0.1) is 0 Å². The number of carbonyl (C=O) groups is 1. The Morgan fingerprint density at radius 3 is 1.96 bits per heavy atom. The van der Waals surface area contributed by atoms with Gasteiger partial charge in [-0.05, 0) is 106 Å². The second-order valence-corrected chi connectivity index (χ2v) is 18.2. The van der Waals surface area contributed by atoms with E-state index in [-0.39, 0.29) is 47.6 Å². The highest BCUT2D eigenvalue weighted by Crippen LogP contribution is 2.63. The summed E-state index contributed by atoms with van der Waals surface area (Å²) in [5.41, 5.74) is -2.50. The average Bonchev–Trinajstić information content (AvgIpc) is 3.49. The summed E-state index contributed by atoms with van der Waals surface area (Å²) in [5.74, 6) is -1.09. The Morgan fingerprint density at radius 1 is 0.796 bits per heavy atom. The molecule has 14 heteroatoms. The van der Waals surface area contributed by atoms with Gasteiger partial charge in [-0.25, -0.2) is 24.3 Å². The van der Waals surface area contributed by atoms with Crippen molar-refractivity contribution in [3.63, 3.8) is 0 Å². The van der Waals surface area contributed by atoms with Gasteiger partial charge in [-0.3, -0.25) is 5.32 Å². The van der Waals surface area contributed by atoms with E-state index in [1.165, 1.54) is 12.1 Å². The molecule has 1 N–H and O–H groups in total. The zero-order chi connectivity index (χ0) is 38.0. The van der Waals surface area contributed by atoms with Crippen molar-refractivity contribution in [3.05, 3.63) is 29.8 Å². The maximum Gasteiger partial charge on any atom is 0.416 e. The molecule has 8 saturated heterocycles. The first kappa shape index (κ1) is 37.5. The van der Waals surface area contributed by atoms with Crippen LogP contribution < -0.4 is 5.32 Å². The third-order valence-corrected chi connectivity index (χ3v) is 15.0. The molecule has 0 unspecified atom stereocenters. The summed E-state index contributed by atoms with van der Waals surface area (Å²) in [5, 5.41) is 2.56. The Hall–Kier alpha value is -2.04. The number of fused-ring (bicyclic) bond motifs is 4. The van der Waals surface area contributed by atoms with Gasteiger partial charge in [-0.2, -0.15) is 13.2 Å². The van der Waals surface area contributed by atoms with Gasteiger partial charge < -0.3 is 23.7 Å². The normalized spacial score (nSPS) is 49.9. The van der Waals surface area contributed by atoms with E-state index in [9.17, 15) is 18.0 Å². The van der Waals surface area contributed by atoms with Crippen LogP contribution in [-0.2, 0) is 49.4 Å². The summed E-state index contributed by atoms with van der Waals surface area (Å²) in [4.78, 5) is 38.6. The predicted molar refractivity (Wildman–Crippen MR) is 184 cm³/mol. The lowest BCUT2D eigenvalue weighted by molar-refractivity contribution is -0.573. The van der Waals surface area contributed by atoms with E-state index in [0.717, 1.165) is 50.7 Å². The van der Waals surface area contributed by atoms with Gasteiger partial charge in [0, 0.05) is 36.8 Å². The minimum absolute atomic E-state index is 0.0306. The van der Waals surface area contributed by atoms with Crippen molar-refractivity contribution in [2.24, 2.45) is 47.3 Å². The molecule has 4 bridgehead atoms. The summed E-state index contributed by atoms with van der Waals surface area (Å²) >= 11 is 0. The summed E-state index contributed by atoms with van der Waals surface area (Å²) < 4.78 is 74.3. The Kier molecular flexibility index (Phi) is 9.03. The van der Waals surface area contributed by atoms with Crippen LogP contribution >= 0.6 is 0 Å². The number of amides is 1. The fourth-order valence-corrected chi connectivity index (χ4v) is 12.1. The highest BCUT2D eigenvalue weighted by Gasteiger charge is 2.72. The fourth-order valence-electron chi connectivity index (χ4n) is 12.1. The van der Waals surface area contributed by atoms with Gasteiger partial charge in [0.15, 0.2) is 23.8 Å². The van der Waals surface area contributed by atoms with Crippen LogP contribution in [0.2, 0.25) is 0 Å². The lowest BCUT2D eigenvalue weighted by Gasteiger charge is -2.62. The number of nitrogens with one attached hydrogen (secondary N) is 1. The Labute approximate surface area is 314 Å². The van der Waals surface area contributed by atoms with Gasteiger partial charge in [0.1, 0.15) is 12.2 Å². The number of alkyl halides is 3. The number of benzene rings is 1. The molecule has 2 saturated carbocycles. The lowest BCUT2D eigenvalue weighted by atomic mass is 9.56. The summed E-state index contributed by atoms with van der Waals surface area (Å²) in [6.45, 7) is 12.5. The summed E-state index contributed by atoms with van der Waals surface area (Å²) in [6.07, 6.45) is -1.81. The van der Waals surface area contributed by atoms with Crippen molar-refractivity contribution in [1.29, 1.82) is 0 Å². The van der Waals surface area contributed by atoms with E-state index >= 15 is 0 Å². The zero-order valence-corrected chi connectivity index (χ0v) is 31.9. The SMILES string of the molecule is C[C@H]1[C@@H]([C@H](C[C@H]2O[C@@H]3O[C@@]4(C)CC[C@H]5[C@H](C)CC[C@@H]([C@H]2C)[C@@]35OO4)OC(=O)Nc2cccc(C(F)(F)F)c2)O[C@@H]2O[C@@]3(C)CC[C@H]4[C@H](C)CC[C@@H]1[C@@]24OO3. The highest BCUT2D eigenvalue weighted by atomic mass is 19.4. The van der Waals surface area contributed by atoms with Crippen molar-refractivity contribution < 1.29 is 61.2 Å². The lowest BCUT2D eigenvalue weighted by Crippen LogP contribution is -2.72. The molecular weight excluding hydrogens is 711 g/mol. The first-order valence-corrected chi connectivity index (χ1v) is 20.1. The highest BCUT2D eigenvalue weighted by molar-refractivity contribution is 5.84. The number of hydrogen-bond donors (Lipinski definition) is 1. The molecule has 54 heavy (non-hydrogen) atoms. The first-order chi connectivity index (χ1) is 25.6. The van der Waals surface area contributed by atoms with Crippen LogP contribution in [-0.4, -0.2) is 59.8 Å². The van der Waals surface area contributed by atoms with Gasteiger partial charge in [0.2, 0.25) is 11.6 Å². The smallest absolute Gasteiger partial charge is 0.416 e. The third kappa shape index (κ3) is 5.78. The Morgan fingerprint density at radius 2 is 1.37 bits per heavy atom. The first-order valence-electron chi connectivity index (χ1n) is 20.1. The minimum Gasteiger partial charge on any atom is -0.443 e. The van der Waals surface area contributed by atoms with E-state index < -0.39 is 71.5 Å². The Balaban J connectivity index is 1.04. The molecule has 0 radical (unpaired) electrons. The Bertz CT molecular complexity index is 1620. The second kappa shape index (κ2) is 13.0. The molecule has 10 aliphatic rings. The monoisotopic (exact) mass is 765 g/mol. The van der Waals surface area contributed by atoms with Gasteiger partial charge in [0.05, 0.1) is 11.7 Å². The quantitative estimate of drug-likeness (QED) is 0.293. The molecule has 1 aromatic rings. The van der Waals surface area contributed by atoms with Crippen molar-refractivity contribution >= 4 is 11.8 Å². The number of halogens is 3. The van der Waals surface area contributed by atoms with Crippen molar-refractivity contribution in [2.45, 2.75) is 159 Å². The number of ether oxygens (including phenoxy) is 5. The van der Waals surface area contributed by atoms with E-state index in [0.29, 0.717) is 24.7 Å². The van der Waals surface area contributed by atoms with Crippen LogP contribution in [0.1, 0.15) is 105 Å². The average molecular weight is 766 g/mol. The van der Waals surface area contributed by atoms with Crippen molar-refractivity contribution in [3.8, 4) is 0 Å². The number of hydrogen-bond acceptors (Lipinski definition) is 10. The van der Waals surface area contributed by atoms with Gasteiger partial charge in [0.25, 0.3) is 0 Å². The van der Waals surface area contributed by atoms with E-state index in [4.69, 9.17) is 43.2 Å². The molecule has 0 aromatic heterocycles. The standard InChI is InChI=1S/C40H54F3NO10/c1-20-10-12-28-22(3)30(46-33-38(28)26(20)14-16-36(5,49-33)51-53-38)19-31(47-35(45)44-25-9-7-8-24(18-25)40(41,42)43)32-23(4)29-13-11-21(2)27-15-17-37(6)50-34(48-32)39(27,29)54-52-37/h7-9,18,20-23,26-34H,10-17,19H2,1-6H3,(H,44,45)/t20-,21-,22-,23-,26+,27+,28+,29+,30-,31+,32+,33-,34-,36-,37-,38-,39-/m1/s1.